The van der Waals surface area contributed by atoms with Crippen LogP contribution in [0.4, 0.5) is 5.69 Å². The van der Waals surface area contributed by atoms with Crippen LogP contribution in [0.2, 0.25) is 5.02 Å². The van der Waals surface area contributed by atoms with Gasteiger partial charge in [0, 0.05) is 21.8 Å². The van der Waals surface area contributed by atoms with Crippen molar-refractivity contribution in [3.8, 4) is 17.2 Å². The number of methoxy groups -OCH3 is 1. The quantitative estimate of drug-likeness (QED) is 0.299. The van der Waals surface area contributed by atoms with E-state index in [1.54, 1.807) is 25.3 Å². The summed E-state index contributed by atoms with van der Waals surface area (Å²) in [4.78, 5) is 17.1. The van der Waals surface area contributed by atoms with Crippen molar-refractivity contribution in [3.63, 3.8) is 0 Å². The van der Waals surface area contributed by atoms with E-state index in [0.29, 0.717) is 39.0 Å². The van der Waals surface area contributed by atoms with E-state index < -0.39 is 5.91 Å². The Balaban J connectivity index is 1.54. The Labute approximate surface area is 203 Å². The molecule has 1 aromatic heterocycles. The average molecular weight is 531 g/mol. The highest BCUT2D eigenvalue weighted by atomic mass is 79.9. The minimum absolute atomic E-state index is 0.147. The number of benzene rings is 3. The van der Waals surface area contributed by atoms with Crippen LogP contribution in [0.15, 0.2) is 63.5 Å². The van der Waals surface area contributed by atoms with Gasteiger partial charge in [-0.1, -0.05) is 33.6 Å². The summed E-state index contributed by atoms with van der Waals surface area (Å²) in [5.41, 5.74) is 4.08. The zero-order valence-electron chi connectivity index (χ0n) is 17.0. The van der Waals surface area contributed by atoms with Crippen molar-refractivity contribution in [2.75, 3.05) is 12.4 Å². The monoisotopic (exact) mass is 529 g/mol. The molecule has 1 heterocycles. The van der Waals surface area contributed by atoms with Gasteiger partial charge in [0.15, 0.2) is 10.7 Å². The number of thiocarbonyl (C=S) groups is 1. The third-order valence-corrected chi connectivity index (χ3v) is 5.75. The Bertz CT molecular complexity index is 1360. The van der Waals surface area contributed by atoms with Crippen molar-refractivity contribution >= 4 is 67.6 Å². The number of nitrogens with zero attached hydrogens (tertiary/aromatic N) is 1. The number of nitrogens with one attached hydrogen (secondary N) is 2. The number of fused-ring (bicyclic) bond motifs is 1. The number of aromatic nitrogens is 1. The minimum atomic E-state index is -0.407. The number of carbonyl (C=O) groups excluding carboxylic acids is 1. The highest BCUT2D eigenvalue weighted by Crippen LogP contribution is 2.29. The zero-order chi connectivity index (χ0) is 22.8. The maximum atomic E-state index is 12.6. The van der Waals surface area contributed by atoms with E-state index in [0.717, 1.165) is 15.6 Å². The molecule has 6 nitrogen and oxygen atoms in total. The van der Waals surface area contributed by atoms with Crippen LogP contribution in [0.3, 0.4) is 0 Å². The van der Waals surface area contributed by atoms with Crippen LogP contribution < -0.4 is 15.4 Å². The Kier molecular flexibility index (Phi) is 6.45. The Morgan fingerprint density at radius 3 is 2.75 bits per heavy atom. The first-order chi connectivity index (χ1) is 15.3. The molecule has 0 aliphatic heterocycles. The van der Waals surface area contributed by atoms with Gasteiger partial charge in [-0.3, -0.25) is 10.1 Å². The van der Waals surface area contributed by atoms with E-state index >= 15 is 0 Å². The lowest BCUT2D eigenvalue weighted by atomic mass is 10.1. The van der Waals surface area contributed by atoms with Crippen molar-refractivity contribution in [3.05, 3.63) is 75.2 Å². The molecule has 3 aromatic carbocycles. The second-order valence-electron chi connectivity index (χ2n) is 6.91. The van der Waals surface area contributed by atoms with E-state index in [1.165, 1.54) is 0 Å². The summed E-state index contributed by atoms with van der Waals surface area (Å²) in [5.74, 6) is 0.762. The van der Waals surface area contributed by atoms with Crippen LogP contribution in [-0.4, -0.2) is 23.1 Å². The predicted molar refractivity (Wildman–Crippen MR) is 134 cm³/mol. The van der Waals surface area contributed by atoms with Crippen LogP contribution in [0, 0.1) is 6.92 Å². The summed E-state index contributed by atoms with van der Waals surface area (Å²) in [5, 5.41) is 6.20. The largest absolute Gasteiger partial charge is 0.497 e. The molecule has 0 radical (unpaired) electrons. The summed E-state index contributed by atoms with van der Waals surface area (Å²) >= 11 is 14.8. The van der Waals surface area contributed by atoms with Crippen LogP contribution >= 0.6 is 39.7 Å². The molecule has 0 spiro atoms. The second kappa shape index (κ2) is 9.28. The number of ether oxygens (including phenoxy) is 1. The van der Waals surface area contributed by atoms with Gasteiger partial charge in [-0.15, -0.1) is 0 Å². The topological polar surface area (TPSA) is 76.4 Å². The number of halogens is 2. The highest BCUT2D eigenvalue weighted by molar-refractivity contribution is 9.10. The van der Waals surface area contributed by atoms with E-state index in [1.807, 2.05) is 43.3 Å². The van der Waals surface area contributed by atoms with Gasteiger partial charge >= 0.3 is 0 Å². The maximum absolute atomic E-state index is 12.6. The third kappa shape index (κ3) is 4.77. The molecule has 32 heavy (non-hydrogen) atoms. The zero-order valence-corrected chi connectivity index (χ0v) is 20.2. The number of aryl methyl sites for hydroxylation is 1. The van der Waals surface area contributed by atoms with Gasteiger partial charge in [0.1, 0.15) is 11.3 Å². The number of rotatable bonds is 4. The lowest BCUT2D eigenvalue weighted by molar-refractivity contribution is 0.0978. The van der Waals surface area contributed by atoms with Crippen molar-refractivity contribution in [2.45, 2.75) is 6.92 Å². The van der Waals surface area contributed by atoms with Gasteiger partial charge in [0.05, 0.1) is 17.7 Å². The van der Waals surface area contributed by atoms with Crippen molar-refractivity contribution in [1.82, 2.24) is 10.3 Å². The maximum Gasteiger partial charge on any atom is 0.258 e. The standard InChI is InChI=1S/C23H17BrClN3O3S/c1-12-3-4-13(22-26-19-11-15(30-2)6-8-20(19)31-22)9-18(12)27-23(32)28-21(29)16-10-14(24)5-7-17(16)25/h3-11H,1-2H3,(H2,27,28,29,32). The molecule has 0 atom stereocenters. The lowest BCUT2D eigenvalue weighted by Gasteiger charge is -2.13. The van der Waals surface area contributed by atoms with Gasteiger partial charge in [0.25, 0.3) is 5.91 Å². The van der Waals surface area contributed by atoms with Crippen molar-refractivity contribution in [1.29, 1.82) is 0 Å². The number of oxazole rings is 1. The highest BCUT2D eigenvalue weighted by Gasteiger charge is 2.15. The van der Waals surface area contributed by atoms with Gasteiger partial charge < -0.3 is 14.5 Å². The van der Waals surface area contributed by atoms with Crippen LogP contribution in [-0.2, 0) is 0 Å². The molecule has 1 amide bonds. The Hall–Kier alpha value is -2.94. The van der Waals surface area contributed by atoms with Gasteiger partial charge in [-0.05, 0) is 67.2 Å². The van der Waals surface area contributed by atoms with Gasteiger partial charge in [-0.2, -0.15) is 0 Å². The normalized spacial score (nSPS) is 10.8. The molecule has 0 unspecified atom stereocenters. The molecule has 0 saturated heterocycles. The molecular weight excluding hydrogens is 514 g/mol. The van der Waals surface area contributed by atoms with E-state index in [-0.39, 0.29) is 5.11 Å². The molecule has 9 heteroatoms. The van der Waals surface area contributed by atoms with Gasteiger partial charge in [0.2, 0.25) is 5.89 Å². The van der Waals surface area contributed by atoms with E-state index in [4.69, 9.17) is 33.0 Å². The number of hydrogen-bond donors (Lipinski definition) is 2. The summed E-state index contributed by atoms with van der Waals surface area (Å²) in [6.45, 7) is 1.93. The first-order valence-electron chi connectivity index (χ1n) is 9.47. The average Bonchev–Trinajstić information content (AvgIpc) is 3.20. The summed E-state index contributed by atoms with van der Waals surface area (Å²) < 4.78 is 11.9. The second-order valence-corrected chi connectivity index (χ2v) is 8.65. The first kappa shape index (κ1) is 22.3. The van der Waals surface area contributed by atoms with Crippen molar-refractivity contribution < 1.29 is 13.9 Å². The fourth-order valence-electron chi connectivity index (χ4n) is 3.04. The summed E-state index contributed by atoms with van der Waals surface area (Å²) in [6.07, 6.45) is 0. The molecule has 2 N–H and O–H groups in total. The Morgan fingerprint density at radius 1 is 1.16 bits per heavy atom. The smallest absolute Gasteiger partial charge is 0.258 e. The van der Waals surface area contributed by atoms with Crippen LogP contribution in [0.25, 0.3) is 22.6 Å². The summed E-state index contributed by atoms with van der Waals surface area (Å²) in [6, 6.07) is 16.2. The SMILES string of the molecule is COc1ccc2oc(-c3ccc(C)c(NC(=S)NC(=O)c4cc(Br)ccc4Cl)c3)nc2c1. The molecule has 162 valence electrons. The van der Waals surface area contributed by atoms with Gasteiger partial charge in [-0.25, -0.2) is 4.98 Å². The molecule has 4 aromatic rings. The lowest BCUT2D eigenvalue weighted by Crippen LogP contribution is -2.34. The Morgan fingerprint density at radius 2 is 1.97 bits per heavy atom. The molecular formula is C23H17BrClN3O3S. The first-order valence-corrected chi connectivity index (χ1v) is 11.0. The van der Waals surface area contributed by atoms with Crippen molar-refractivity contribution in [2.24, 2.45) is 0 Å². The number of anilines is 1. The fraction of sp³-hybridized carbons (Fsp3) is 0.0870. The molecule has 0 fully saturated rings. The van der Waals surface area contributed by atoms with Crippen LogP contribution in [0.1, 0.15) is 15.9 Å². The molecule has 0 aliphatic carbocycles. The number of amides is 1. The minimum Gasteiger partial charge on any atom is -0.497 e. The van der Waals surface area contributed by atoms with E-state index in [2.05, 4.69) is 31.5 Å². The number of carbonyl (C=O) groups is 1. The molecule has 0 bridgehead atoms. The molecule has 0 aliphatic rings. The summed E-state index contributed by atoms with van der Waals surface area (Å²) in [7, 11) is 1.60. The number of hydrogen-bond acceptors (Lipinski definition) is 5. The molecule has 0 saturated carbocycles. The van der Waals surface area contributed by atoms with E-state index in [9.17, 15) is 4.79 Å². The predicted octanol–water partition coefficient (Wildman–Crippen LogP) is 6.35. The third-order valence-electron chi connectivity index (χ3n) is 4.73. The fourth-order valence-corrected chi connectivity index (χ4v) is 3.81. The van der Waals surface area contributed by atoms with Crippen LogP contribution in [0.5, 0.6) is 5.75 Å². The molecule has 4 rings (SSSR count).